The molecule has 3 N–H and O–H groups in total. The zero-order chi connectivity index (χ0) is 12.8. The number of carboxylic acids is 1. The third kappa shape index (κ3) is 7.51. The molecule has 0 aliphatic carbocycles. The number of hydrogen-bond donors (Lipinski definition) is 2. The van der Waals surface area contributed by atoms with Crippen molar-refractivity contribution >= 4 is 73.2 Å². The fraction of sp³-hybridized carbons (Fsp3) is 0.429. The van der Waals surface area contributed by atoms with Crippen LogP contribution < -0.4 is 10.8 Å². The van der Waals surface area contributed by atoms with Crippen LogP contribution in [0.4, 0.5) is 5.13 Å². The number of nitrogens with one attached hydrogen (secondary N) is 1. The Morgan fingerprint density at radius 3 is 2.44 bits per heavy atom. The van der Waals surface area contributed by atoms with E-state index in [0.29, 0.717) is 0 Å². The van der Waals surface area contributed by atoms with E-state index in [1.165, 1.54) is 4.88 Å². The first-order valence-electron chi connectivity index (χ1n) is 3.87. The molecule has 0 spiro atoms. The molecule has 0 bridgehead atoms. The first-order chi connectivity index (χ1) is 7.27. The van der Waals surface area contributed by atoms with Crippen molar-refractivity contribution in [3.8, 4) is 0 Å². The molecule has 1 heterocycles. The summed E-state index contributed by atoms with van der Waals surface area (Å²) in [6, 6.07) is 0. The van der Waals surface area contributed by atoms with Crippen LogP contribution in [0.25, 0.3) is 0 Å². The lowest BCUT2D eigenvalue weighted by atomic mass is 10.4. The van der Waals surface area contributed by atoms with E-state index >= 15 is 0 Å². The molecule has 1 aromatic heterocycles. The fourth-order valence-electron chi connectivity index (χ4n) is 0.568. The van der Waals surface area contributed by atoms with Crippen LogP contribution in [0.5, 0.6) is 0 Å². The molecule has 0 unspecified atom stereocenters. The average Bonchev–Trinajstić information content (AvgIpc) is 2.51. The SMILES string of the molecule is N[c+]1[nH]cc(CCBr)s1.O=C([O-])C(Cl)(Cl)Cl. The molecule has 4 nitrogen and oxygen atoms in total. The zero-order valence-electron chi connectivity index (χ0n) is 7.81. The number of aromatic nitrogens is 1. The van der Waals surface area contributed by atoms with Crippen LogP contribution in [0.15, 0.2) is 6.20 Å². The number of aryl methyl sites for hydroxylation is 1. The van der Waals surface area contributed by atoms with E-state index in [-0.39, 0.29) is 0 Å². The van der Waals surface area contributed by atoms with Crippen LogP contribution in [-0.4, -0.2) is 20.1 Å². The van der Waals surface area contributed by atoms with E-state index in [0.717, 1.165) is 16.9 Å². The number of alkyl halides is 4. The number of anilines is 1. The lowest BCUT2D eigenvalue weighted by Crippen LogP contribution is -2.35. The van der Waals surface area contributed by atoms with Gasteiger partial charge in [-0.05, 0) is 0 Å². The number of thiazole rings is 1. The van der Waals surface area contributed by atoms with Gasteiger partial charge in [-0.2, -0.15) is 0 Å². The summed E-state index contributed by atoms with van der Waals surface area (Å²) in [4.78, 5) is 13.7. The highest BCUT2D eigenvalue weighted by molar-refractivity contribution is 9.09. The van der Waals surface area contributed by atoms with E-state index in [9.17, 15) is 9.90 Å². The molecule has 1 rings (SSSR count). The van der Waals surface area contributed by atoms with Crippen LogP contribution in [0, 0.1) is 0 Å². The van der Waals surface area contributed by atoms with Gasteiger partial charge in [0, 0.05) is 16.7 Å². The van der Waals surface area contributed by atoms with Crippen molar-refractivity contribution in [1.29, 1.82) is 0 Å². The second-order valence-electron chi connectivity index (χ2n) is 2.45. The molecule has 9 heteroatoms. The molecule has 1 aromatic rings. The number of rotatable bonds is 2. The largest absolute Gasteiger partial charge is 0.545 e. The number of hydrogen-bond acceptors (Lipinski definition) is 4. The molecule has 92 valence electrons. The van der Waals surface area contributed by atoms with Crippen molar-refractivity contribution in [2.75, 3.05) is 11.1 Å². The average molecular weight is 370 g/mol. The van der Waals surface area contributed by atoms with Gasteiger partial charge >= 0.3 is 0 Å². The van der Waals surface area contributed by atoms with Crippen LogP contribution in [-0.2, 0) is 11.2 Å². The number of aromatic amines is 1. The molecule has 0 saturated carbocycles. The Kier molecular flexibility index (Phi) is 7.67. The van der Waals surface area contributed by atoms with Crippen molar-refractivity contribution in [2.45, 2.75) is 10.2 Å². The predicted molar refractivity (Wildman–Crippen MR) is 70.3 cm³/mol. The van der Waals surface area contributed by atoms with E-state index in [1.807, 2.05) is 6.20 Å². The first-order valence-corrected chi connectivity index (χ1v) is 6.94. The van der Waals surface area contributed by atoms with E-state index in [2.05, 4.69) is 20.9 Å². The third-order valence-corrected chi connectivity index (χ3v) is 2.97. The number of halogens is 4. The second-order valence-corrected chi connectivity index (χ2v) is 6.69. The summed E-state index contributed by atoms with van der Waals surface area (Å²) in [5.41, 5.74) is 5.46. The Balaban J connectivity index is 0.000000293. The van der Waals surface area contributed by atoms with Gasteiger partial charge in [0.05, 0.1) is 12.4 Å². The Hall–Kier alpha value is 0.250. The van der Waals surface area contributed by atoms with Crippen LogP contribution in [0.2, 0.25) is 0 Å². The maximum atomic E-state index is 9.51. The molecule has 0 fully saturated rings. The summed E-state index contributed by atoms with van der Waals surface area (Å²) < 4.78 is -2.28. The quantitative estimate of drug-likeness (QED) is 0.617. The number of H-pyrrole nitrogens is 1. The molecule has 0 saturated heterocycles. The summed E-state index contributed by atoms with van der Waals surface area (Å²) in [6.07, 6.45) is 3.00. The Morgan fingerprint density at radius 1 is 1.69 bits per heavy atom. The van der Waals surface area contributed by atoms with Gasteiger partial charge < -0.3 is 15.6 Å². The summed E-state index contributed by atoms with van der Waals surface area (Å²) in [5.74, 6) is -1.71. The Labute approximate surface area is 120 Å². The van der Waals surface area contributed by atoms with Gasteiger partial charge in [0.1, 0.15) is 0 Å². The summed E-state index contributed by atoms with van der Waals surface area (Å²) in [6.45, 7) is 0. The van der Waals surface area contributed by atoms with Crippen molar-refractivity contribution in [3.05, 3.63) is 11.1 Å². The highest BCUT2D eigenvalue weighted by atomic mass is 79.9. The number of carbonyl (C=O) groups excluding carboxylic acids is 1. The summed E-state index contributed by atoms with van der Waals surface area (Å²) >= 11 is 19.2. The van der Waals surface area contributed by atoms with E-state index < -0.39 is 9.76 Å². The third-order valence-electron chi connectivity index (χ3n) is 1.19. The molecule has 0 atom stereocenters. The van der Waals surface area contributed by atoms with Gasteiger partial charge in [-0.25, -0.2) is 4.98 Å². The molecular weight excluding hydrogens is 362 g/mol. The molecule has 0 aromatic carbocycles. The number of nitrogen functional groups attached to an aromatic ring is 1. The minimum atomic E-state index is -2.28. The van der Waals surface area contributed by atoms with Crippen LogP contribution in [0.3, 0.4) is 0 Å². The number of carboxylic acid groups (broad SMARTS) is 1. The van der Waals surface area contributed by atoms with Crippen molar-refractivity contribution in [2.24, 2.45) is 0 Å². The van der Waals surface area contributed by atoms with Gasteiger partial charge in [-0.15, -0.1) is 0 Å². The predicted octanol–water partition coefficient (Wildman–Crippen LogP) is 1.98. The van der Waals surface area contributed by atoms with Gasteiger partial charge in [0.2, 0.25) is 3.79 Å². The lowest BCUT2D eigenvalue weighted by Gasteiger charge is -2.09. The van der Waals surface area contributed by atoms with Crippen molar-refractivity contribution < 1.29 is 9.90 Å². The number of carbonyl (C=O) groups is 1. The van der Waals surface area contributed by atoms with Gasteiger partial charge in [-0.3, -0.25) is 0 Å². The molecular formula is C7H8BrCl3N2O2S. The lowest BCUT2D eigenvalue weighted by molar-refractivity contribution is -0.304. The highest BCUT2D eigenvalue weighted by Crippen LogP contribution is 2.24. The molecule has 0 radical (unpaired) electrons. The van der Waals surface area contributed by atoms with Gasteiger partial charge in [0.25, 0.3) is 5.13 Å². The van der Waals surface area contributed by atoms with Crippen molar-refractivity contribution in [3.63, 3.8) is 0 Å². The first kappa shape index (κ1) is 16.2. The number of nitrogens with two attached hydrogens (primary N) is 1. The number of aliphatic carboxylic acids is 1. The van der Waals surface area contributed by atoms with Crippen LogP contribution in [0.1, 0.15) is 4.88 Å². The molecule has 0 amide bonds. The normalized spacial score (nSPS) is 10.5. The summed E-state index contributed by atoms with van der Waals surface area (Å²) in [5, 5.41) is 11.3. The molecule has 0 aliphatic heterocycles. The monoisotopic (exact) mass is 368 g/mol. The Bertz CT molecular complexity index is 343. The summed E-state index contributed by atoms with van der Waals surface area (Å²) in [7, 11) is 0. The van der Waals surface area contributed by atoms with Crippen LogP contribution >= 0.6 is 62.1 Å². The minimum absolute atomic E-state index is 0.783. The maximum Gasteiger partial charge on any atom is 0.263 e. The van der Waals surface area contributed by atoms with Gasteiger partial charge in [-0.1, -0.05) is 50.7 Å². The Morgan fingerprint density at radius 2 is 2.19 bits per heavy atom. The standard InChI is InChI=1S/C5H7BrN2S.C2HCl3O2/c6-2-1-4-3-8-5(7)9-4;3-2(4,5)1(6)7/h3H,1-2H2,(H2,7,8);(H,6,7). The molecule has 0 aliphatic rings. The fourth-order valence-corrected chi connectivity index (χ4v) is 1.98. The smallest absolute Gasteiger partial charge is 0.263 e. The van der Waals surface area contributed by atoms with Crippen molar-refractivity contribution in [1.82, 2.24) is 4.98 Å². The topological polar surface area (TPSA) is 81.9 Å². The highest BCUT2D eigenvalue weighted by Gasteiger charge is 2.20. The van der Waals surface area contributed by atoms with E-state index in [4.69, 9.17) is 40.5 Å². The second kappa shape index (κ2) is 7.55. The maximum absolute atomic E-state index is 9.51. The van der Waals surface area contributed by atoms with Gasteiger partial charge in [0.15, 0.2) is 11.1 Å². The minimum Gasteiger partial charge on any atom is -0.545 e. The molecule has 16 heavy (non-hydrogen) atoms. The van der Waals surface area contributed by atoms with E-state index in [1.54, 1.807) is 11.3 Å². The zero-order valence-corrected chi connectivity index (χ0v) is 12.5.